The first-order valence-electron chi connectivity index (χ1n) is 8.34. The Balaban J connectivity index is 1.57. The van der Waals surface area contributed by atoms with Crippen LogP contribution in [0, 0.1) is 13.8 Å². The largest absolute Gasteiger partial charge is 0.374 e. The summed E-state index contributed by atoms with van der Waals surface area (Å²) in [5.41, 5.74) is 7.52. The van der Waals surface area contributed by atoms with Crippen molar-refractivity contribution < 1.29 is 13.2 Å². The molecule has 0 unspecified atom stereocenters. The number of thioether (sulfide) groups is 1. The molecule has 2 N–H and O–H groups in total. The first kappa shape index (κ1) is 20.1. The van der Waals surface area contributed by atoms with Gasteiger partial charge in [0, 0.05) is 26.2 Å². The molecule has 0 aliphatic carbocycles. The molecule has 3 rings (SSSR count). The predicted octanol–water partition coefficient (Wildman–Crippen LogP) is 1.36. The number of amides is 1. The molecule has 1 aromatic heterocycles. The van der Waals surface area contributed by atoms with Gasteiger partial charge in [-0.2, -0.15) is 4.31 Å². The Bertz CT molecular complexity index is 937. The zero-order chi connectivity index (χ0) is 19.6. The van der Waals surface area contributed by atoms with E-state index in [4.69, 9.17) is 5.73 Å². The Morgan fingerprint density at radius 3 is 2.48 bits per heavy atom. The standard InChI is InChI=1S/C16H21N5O3S3/c1-11-3-4-13(9-12(11)2)27(23,24)21-7-5-20(6-8-21)14(22)10-25-16-19-18-15(17)26-16/h3-4,9H,5-8,10H2,1-2H3,(H2,17,18). The van der Waals surface area contributed by atoms with E-state index in [0.29, 0.717) is 27.5 Å². The van der Waals surface area contributed by atoms with Gasteiger partial charge in [-0.25, -0.2) is 8.42 Å². The van der Waals surface area contributed by atoms with E-state index in [9.17, 15) is 13.2 Å². The zero-order valence-corrected chi connectivity index (χ0v) is 17.5. The Kier molecular flexibility index (Phi) is 6.04. The lowest BCUT2D eigenvalue weighted by Crippen LogP contribution is -2.50. The van der Waals surface area contributed by atoms with Crippen LogP contribution in [0.2, 0.25) is 0 Å². The number of nitrogens with two attached hydrogens (primary N) is 1. The number of nitrogen functional groups attached to an aromatic ring is 1. The maximum Gasteiger partial charge on any atom is 0.243 e. The highest BCUT2D eigenvalue weighted by Gasteiger charge is 2.30. The molecule has 0 atom stereocenters. The van der Waals surface area contributed by atoms with Crippen LogP contribution in [0.3, 0.4) is 0 Å². The van der Waals surface area contributed by atoms with Crippen molar-refractivity contribution in [3.63, 3.8) is 0 Å². The maximum atomic E-state index is 12.8. The molecule has 0 bridgehead atoms. The van der Waals surface area contributed by atoms with Crippen molar-refractivity contribution in [2.75, 3.05) is 37.7 Å². The average Bonchev–Trinajstić information content (AvgIpc) is 3.07. The molecule has 8 nitrogen and oxygen atoms in total. The van der Waals surface area contributed by atoms with E-state index in [0.717, 1.165) is 11.1 Å². The van der Waals surface area contributed by atoms with Gasteiger partial charge >= 0.3 is 0 Å². The number of anilines is 1. The highest BCUT2D eigenvalue weighted by molar-refractivity contribution is 8.01. The number of rotatable bonds is 5. The number of carbonyl (C=O) groups is 1. The third-order valence-corrected chi connectivity index (χ3v) is 8.21. The molecular formula is C16H21N5O3S3. The van der Waals surface area contributed by atoms with E-state index in [1.807, 2.05) is 19.9 Å². The van der Waals surface area contributed by atoms with Crippen molar-refractivity contribution in [3.05, 3.63) is 29.3 Å². The summed E-state index contributed by atoms with van der Waals surface area (Å²) in [6.45, 7) is 5.18. The summed E-state index contributed by atoms with van der Waals surface area (Å²) in [4.78, 5) is 14.3. The number of aryl methyl sites for hydroxylation is 2. The molecule has 1 aromatic carbocycles. The normalized spacial score (nSPS) is 15.9. The fourth-order valence-electron chi connectivity index (χ4n) is 2.69. The lowest BCUT2D eigenvalue weighted by atomic mass is 10.1. The van der Waals surface area contributed by atoms with Crippen LogP contribution in [0.4, 0.5) is 5.13 Å². The van der Waals surface area contributed by atoms with E-state index in [1.54, 1.807) is 17.0 Å². The number of sulfonamides is 1. The van der Waals surface area contributed by atoms with Gasteiger partial charge in [-0.15, -0.1) is 10.2 Å². The summed E-state index contributed by atoms with van der Waals surface area (Å²) in [5.74, 6) is 0.190. The minimum absolute atomic E-state index is 0.0444. The van der Waals surface area contributed by atoms with Gasteiger partial charge in [-0.05, 0) is 37.1 Å². The first-order valence-corrected chi connectivity index (χ1v) is 11.6. The highest BCUT2D eigenvalue weighted by atomic mass is 32.2. The topological polar surface area (TPSA) is 109 Å². The first-order chi connectivity index (χ1) is 12.8. The lowest BCUT2D eigenvalue weighted by molar-refractivity contribution is -0.129. The number of benzene rings is 1. The summed E-state index contributed by atoms with van der Waals surface area (Å²) >= 11 is 2.53. The second-order valence-corrected chi connectivity index (χ2v) is 10.4. The Hall–Kier alpha value is -1.69. The minimum Gasteiger partial charge on any atom is -0.374 e. The molecule has 0 radical (unpaired) electrons. The molecule has 0 saturated carbocycles. The third kappa shape index (κ3) is 4.60. The van der Waals surface area contributed by atoms with Crippen LogP contribution in [0.15, 0.2) is 27.4 Å². The van der Waals surface area contributed by atoms with Crippen molar-refractivity contribution in [1.29, 1.82) is 0 Å². The van der Waals surface area contributed by atoms with Crippen LogP contribution >= 0.6 is 23.1 Å². The predicted molar refractivity (Wildman–Crippen MR) is 106 cm³/mol. The van der Waals surface area contributed by atoms with Crippen LogP contribution in [-0.4, -0.2) is 65.7 Å². The quantitative estimate of drug-likeness (QED) is 0.718. The monoisotopic (exact) mass is 427 g/mol. The van der Waals surface area contributed by atoms with Gasteiger partial charge in [0.15, 0.2) is 4.34 Å². The molecule has 1 fully saturated rings. The van der Waals surface area contributed by atoms with Crippen LogP contribution in [0.5, 0.6) is 0 Å². The number of piperazine rings is 1. The van der Waals surface area contributed by atoms with Gasteiger partial charge < -0.3 is 10.6 Å². The molecule has 0 spiro atoms. The van der Waals surface area contributed by atoms with E-state index in [1.165, 1.54) is 27.4 Å². The SMILES string of the molecule is Cc1ccc(S(=O)(=O)N2CCN(C(=O)CSc3nnc(N)s3)CC2)cc1C. The molecule has 1 amide bonds. The summed E-state index contributed by atoms with van der Waals surface area (Å²) in [7, 11) is -3.54. The maximum absolute atomic E-state index is 12.8. The molecule has 1 saturated heterocycles. The van der Waals surface area contributed by atoms with Crippen molar-refractivity contribution in [3.8, 4) is 0 Å². The van der Waals surface area contributed by atoms with Crippen molar-refractivity contribution >= 4 is 44.2 Å². The molecular weight excluding hydrogens is 406 g/mol. The Labute approximate surface area is 166 Å². The van der Waals surface area contributed by atoms with Gasteiger partial charge in [0.05, 0.1) is 10.6 Å². The molecule has 2 aromatic rings. The van der Waals surface area contributed by atoms with Gasteiger partial charge in [0.2, 0.25) is 21.1 Å². The molecule has 146 valence electrons. The van der Waals surface area contributed by atoms with Gasteiger partial charge in [-0.3, -0.25) is 4.79 Å². The average molecular weight is 428 g/mol. The second-order valence-electron chi connectivity index (χ2n) is 6.23. The number of carbonyl (C=O) groups excluding carboxylic acids is 1. The number of aromatic nitrogens is 2. The Morgan fingerprint density at radius 2 is 1.89 bits per heavy atom. The summed E-state index contributed by atoms with van der Waals surface area (Å²) in [6.07, 6.45) is 0. The summed E-state index contributed by atoms with van der Waals surface area (Å²) in [6, 6.07) is 5.16. The van der Waals surface area contributed by atoms with Crippen LogP contribution in [-0.2, 0) is 14.8 Å². The fourth-order valence-corrected chi connectivity index (χ4v) is 5.74. The smallest absolute Gasteiger partial charge is 0.243 e. The van der Waals surface area contributed by atoms with Gasteiger partial charge in [0.1, 0.15) is 0 Å². The molecule has 1 aliphatic rings. The number of hydrogen-bond donors (Lipinski definition) is 1. The Morgan fingerprint density at radius 1 is 1.19 bits per heavy atom. The van der Waals surface area contributed by atoms with Gasteiger partial charge in [0.25, 0.3) is 0 Å². The number of nitrogens with zero attached hydrogens (tertiary/aromatic N) is 4. The zero-order valence-electron chi connectivity index (χ0n) is 15.1. The van der Waals surface area contributed by atoms with E-state index in [-0.39, 0.29) is 24.7 Å². The number of hydrogen-bond acceptors (Lipinski definition) is 8. The van der Waals surface area contributed by atoms with Crippen molar-refractivity contribution in [1.82, 2.24) is 19.4 Å². The molecule has 2 heterocycles. The van der Waals surface area contributed by atoms with Gasteiger partial charge in [-0.1, -0.05) is 29.2 Å². The van der Waals surface area contributed by atoms with Crippen LogP contribution in [0.25, 0.3) is 0 Å². The highest BCUT2D eigenvalue weighted by Crippen LogP contribution is 2.24. The molecule has 1 aliphatic heterocycles. The van der Waals surface area contributed by atoms with E-state index < -0.39 is 10.0 Å². The fraction of sp³-hybridized carbons (Fsp3) is 0.438. The third-order valence-electron chi connectivity index (χ3n) is 4.45. The van der Waals surface area contributed by atoms with E-state index in [2.05, 4.69) is 10.2 Å². The summed E-state index contributed by atoms with van der Waals surface area (Å²) in [5, 5.41) is 7.95. The van der Waals surface area contributed by atoms with Crippen LogP contribution in [0.1, 0.15) is 11.1 Å². The molecule has 27 heavy (non-hydrogen) atoms. The second kappa shape index (κ2) is 8.13. The van der Waals surface area contributed by atoms with Crippen molar-refractivity contribution in [2.24, 2.45) is 0 Å². The summed E-state index contributed by atoms with van der Waals surface area (Å²) < 4.78 is 27.8. The lowest BCUT2D eigenvalue weighted by Gasteiger charge is -2.34. The van der Waals surface area contributed by atoms with Crippen molar-refractivity contribution in [2.45, 2.75) is 23.1 Å². The molecule has 11 heteroatoms. The minimum atomic E-state index is -3.54. The van der Waals surface area contributed by atoms with Crippen LogP contribution < -0.4 is 5.73 Å². The van der Waals surface area contributed by atoms with E-state index >= 15 is 0 Å².